The van der Waals surface area contributed by atoms with E-state index >= 15 is 0 Å². The Bertz CT molecular complexity index is 363. The lowest BCUT2D eigenvalue weighted by Crippen LogP contribution is -1.93. The van der Waals surface area contributed by atoms with Crippen LogP contribution in [0.4, 0.5) is 0 Å². The molecule has 0 bridgehead atoms. The number of benzene rings is 1. The lowest BCUT2D eigenvalue weighted by Gasteiger charge is -2.07. The van der Waals surface area contributed by atoms with Gasteiger partial charge >= 0.3 is 0 Å². The summed E-state index contributed by atoms with van der Waals surface area (Å²) in [5.41, 5.74) is 2.22. The zero-order chi connectivity index (χ0) is 9.10. The van der Waals surface area contributed by atoms with Gasteiger partial charge in [0, 0.05) is 5.57 Å². The van der Waals surface area contributed by atoms with Crippen LogP contribution in [0.15, 0.2) is 65.0 Å². The van der Waals surface area contributed by atoms with Crippen molar-refractivity contribution in [2.75, 3.05) is 0 Å². The second kappa shape index (κ2) is 3.35. The Kier molecular flexibility index (Phi) is 2.04. The molecular formula is C11H10N2. The van der Waals surface area contributed by atoms with Crippen molar-refractivity contribution in [2.45, 2.75) is 6.04 Å². The predicted octanol–water partition coefficient (Wildman–Crippen LogP) is 3.26. The molecule has 2 nitrogen and oxygen atoms in total. The molecule has 0 fully saturated rings. The van der Waals surface area contributed by atoms with Crippen LogP contribution < -0.4 is 0 Å². The molecule has 2 heteroatoms. The summed E-state index contributed by atoms with van der Waals surface area (Å²) in [6.45, 7) is 3.73. The normalized spacial score (nSPS) is 20.0. The van der Waals surface area contributed by atoms with Gasteiger partial charge < -0.3 is 0 Å². The maximum Gasteiger partial charge on any atom is 0.123 e. The fourth-order valence-corrected chi connectivity index (χ4v) is 1.36. The number of hydrogen-bond donors (Lipinski definition) is 0. The number of nitrogens with zero attached hydrogens (tertiary/aromatic N) is 2. The van der Waals surface area contributed by atoms with Crippen LogP contribution in [0.5, 0.6) is 0 Å². The van der Waals surface area contributed by atoms with Gasteiger partial charge in [-0.1, -0.05) is 43.0 Å². The van der Waals surface area contributed by atoms with Crippen molar-refractivity contribution in [2.24, 2.45) is 10.2 Å². The van der Waals surface area contributed by atoms with Gasteiger partial charge in [-0.25, -0.2) is 0 Å². The average Bonchev–Trinajstić information content (AvgIpc) is 2.67. The van der Waals surface area contributed by atoms with E-state index in [4.69, 9.17) is 0 Å². The zero-order valence-electron chi connectivity index (χ0n) is 7.22. The molecule has 13 heavy (non-hydrogen) atoms. The highest BCUT2D eigenvalue weighted by molar-refractivity contribution is 5.34. The molecule has 1 aromatic carbocycles. The van der Waals surface area contributed by atoms with E-state index in [1.54, 1.807) is 12.3 Å². The Hall–Kier alpha value is -1.70. The van der Waals surface area contributed by atoms with Crippen LogP contribution >= 0.6 is 0 Å². The van der Waals surface area contributed by atoms with Crippen molar-refractivity contribution in [3.63, 3.8) is 0 Å². The first-order valence-electron chi connectivity index (χ1n) is 4.19. The third kappa shape index (κ3) is 1.43. The van der Waals surface area contributed by atoms with Crippen LogP contribution in [0, 0.1) is 0 Å². The minimum Gasteiger partial charge on any atom is -0.176 e. The quantitative estimate of drug-likeness (QED) is 0.650. The molecule has 0 saturated carbocycles. The maximum atomic E-state index is 4.12. The Balaban J connectivity index is 2.33. The van der Waals surface area contributed by atoms with Gasteiger partial charge in [0.1, 0.15) is 6.04 Å². The Labute approximate surface area is 77.3 Å². The van der Waals surface area contributed by atoms with Gasteiger partial charge in [-0.2, -0.15) is 10.2 Å². The predicted molar refractivity (Wildman–Crippen MR) is 52.3 cm³/mol. The molecular weight excluding hydrogens is 160 g/mol. The molecule has 0 amide bonds. The van der Waals surface area contributed by atoms with Crippen LogP contribution in [0.1, 0.15) is 11.6 Å². The molecule has 1 aliphatic rings. The third-order valence-electron chi connectivity index (χ3n) is 2.06. The minimum atomic E-state index is 0.0544. The van der Waals surface area contributed by atoms with E-state index in [-0.39, 0.29) is 6.04 Å². The molecule has 0 saturated heterocycles. The smallest absolute Gasteiger partial charge is 0.123 e. The van der Waals surface area contributed by atoms with Crippen LogP contribution in [-0.4, -0.2) is 0 Å². The molecule has 0 N–H and O–H groups in total. The lowest BCUT2D eigenvalue weighted by molar-refractivity contribution is 0.853. The molecule has 2 rings (SSSR count). The second-order valence-corrected chi connectivity index (χ2v) is 2.88. The van der Waals surface area contributed by atoms with Gasteiger partial charge in [-0.05, 0) is 5.56 Å². The summed E-state index contributed by atoms with van der Waals surface area (Å²) in [5.74, 6) is 0. The molecule has 1 heterocycles. The van der Waals surface area contributed by atoms with Crippen LogP contribution in [0.3, 0.4) is 0 Å². The second-order valence-electron chi connectivity index (χ2n) is 2.88. The first kappa shape index (κ1) is 7.92. The lowest BCUT2D eigenvalue weighted by atomic mass is 10.0. The van der Waals surface area contributed by atoms with Crippen LogP contribution in [-0.2, 0) is 0 Å². The summed E-state index contributed by atoms with van der Waals surface area (Å²) in [7, 11) is 0. The van der Waals surface area contributed by atoms with Crippen molar-refractivity contribution >= 4 is 0 Å². The van der Waals surface area contributed by atoms with Gasteiger partial charge in [0.25, 0.3) is 0 Å². The van der Waals surface area contributed by atoms with Crippen LogP contribution in [0.2, 0.25) is 0 Å². The van der Waals surface area contributed by atoms with E-state index in [1.807, 2.05) is 30.3 Å². The molecule has 1 aromatic rings. The van der Waals surface area contributed by atoms with E-state index in [1.165, 1.54) is 0 Å². The van der Waals surface area contributed by atoms with Gasteiger partial charge in [-0.15, -0.1) is 0 Å². The van der Waals surface area contributed by atoms with Crippen molar-refractivity contribution in [3.05, 3.63) is 60.3 Å². The van der Waals surface area contributed by atoms with Crippen LogP contribution in [0.25, 0.3) is 0 Å². The summed E-state index contributed by atoms with van der Waals surface area (Å²) < 4.78 is 0. The van der Waals surface area contributed by atoms with Crippen molar-refractivity contribution < 1.29 is 0 Å². The largest absolute Gasteiger partial charge is 0.176 e. The van der Waals surface area contributed by atoms with Gasteiger partial charge in [0.05, 0.1) is 6.20 Å². The molecule has 0 aromatic heterocycles. The van der Waals surface area contributed by atoms with E-state index in [0.717, 1.165) is 11.1 Å². The first-order valence-corrected chi connectivity index (χ1v) is 4.19. The number of hydrogen-bond acceptors (Lipinski definition) is 2. The van der Waals surface area contributed by atoms with E-state index < -0.39 is 0 Å². The minimum absolute atomic E-state index is 0.0544. The van der Waals surface area contributed by atoms with Crippen molar-refractivity contribution in [1.29, 1.82) is 0 Å². The fraction of sp³-hybridized carbons (Fsp3) is 0.0909. The molecule has 0 spiro atoms. The SMILES string of the molecule is C=CC1=CN=NC1c1ccccc1. The molecule has 64 valence electrons. The Morgan fingerprint density at radius 1 is 1.23 bits per heavy atom. The summed E-state index contributed by atoms with van der Waals surface area (Å²) in [6, 6.07) is 10.2. The highest BCUT2D eigenvalue weighted by Gasteiger charge is 2.16. The number of azo groups is 1. The Morgan fingerprint density at radius 2 is 2.00 bits per heavy atom. The summed E-state index contributed by atoms with van der Waals surface area (Å²) in [4.78, 5) is 0. The monoisotopic (exact) mass is 170 g/mol. The molecule has 1 aliphatic heterocycles. The molecule has 0 aliphatic carbocycles. The standard InChI is InChI=1S/C11H10N2/c1-2-9-8-12-13-11(9)10-6-4-3-5-7-10/h2-8,11H,1H2. The molecule has 0 radical (unpaired) electrons. The van der Waals surface area contributed by atoms with Gasteiger partial charge in [-0.3, -0.25) is 0 Å². The fourth-order valence-electron chi connectivity index (χ4n) is 1.36. The van der Waals surface area contributed by atoms with Gasteiger partial charge in [0.2, 0.25) is 0 Å². The van der Waals surface area contributed by atoms with E-state index in [9.17, 15) is 0 Å². The highest BCUT2D eigenvalue weighted by Crippen LogP contribution is 2.30. The summed E-state index contributed by atoms with van der Waals surface area (Å²) in [5, 5.41) is 8.00. The average molecular weight is 170 g/mol. The molecule has 1 unspecified atom stereocenters. The van der Waals surface area contributed by atoms with Crippen molar-refractivity contribution in [3.8, 4) is 0 Å². The number of rotatable bonds is 2. The summed E-state index contributed by atoms with van der Waals surface area (Å²) >= 11 is 0. The Morgan fingerprint density at radius 3 is 2.69 bits per heavy atom. The topological polar surface area (TPSA) is 24.7 Å². The highest BCUT2D eigenvalue weighted by atomic mass is 15.1. The van der Waals surface area contributed by atoms with Crippen molar-refractivity contribution in [1.82, 2.24) is 0 Å². The van der Waals surface area contributed by atoms with Gasteiger partial charge in [0.15, 0.2) is 0 Å². The zero-order valence-corrected chi connectivity index (χ0v) is 7.22. The maximum absolute atomic E-state index is 4.12. The first-order chi connectivity index (χ1) is 6.42. The van der Waals surface area contributed by atoms with E-state index in [2.05, 4.69) is 16.8 Å². The third-order valence-corrected chi connectivity index (χ3v) is 2.06. The molecule has 1 atom stereocenters. The summed E-state index contributed by atoms with van der Waals surface area (Å²) in [6.07, 6.45) is 3.56. The van der Waals surface area contributed by atoms with E-state index in [0.29, 0.717) is 0 Å².